The monoisotopic (exact) mass is 249 g/mol. The third kappa shape index (κ3) is 5.15. The first-order chi connectivity index (χ1) is 8.50. The van der Waals surface area contributed by atoms with E-state index in [0.29, 0.717) is 12.1 Å². The molecule has 3 heteroatoms. The van der Waals surface area contributed by atoms with Gasteiger partial charge in [0.25, 0.3) is 0 Å². The van der Waals surface area contributed by atoms with Gasteiger partial charge in [-0.3, -0.25) is 9.88 Å². The zero-order valence-corrected chi connectivity index (χ0v) is 12.4. The van der Waals surface area contributed by atoms with Crippen LogP contribution < -0.4 is 5.32 Å². The van der Waals surface area contributed by atoms with Crippen molar-refractivity contribution in [1.29, 1.82) is 0 Å². The van der Waals surface area contributed by atoms with Crippen molar-refractivity contribution in [3.05, 3.63) is 29.6 Å². The van der Waals surface area contributed by atoms with Gasteiger partial charge in [-0.25, -0.2) is 0 Å². The van der Waals surface area contributed by atoms with E-state index >= 15 is 0 Å². The van der Waals surface area contributed by atoms with Crippen molar-refractivity contribution in [3.8, 4) is 0 Å². The second-order valence-electron chi connectivity index (χ2n) is 5.47. The zero-order valence-electron chi connectivity index (χ0n) is 12.4. The van der Waals surface area contributed by atoms with Crippen molar-refractivity contribution in [2.75, 3.05) is 13.1 Å². The summed E-state index contributed by atoms with van der Waals surface area (Å²) in [6, 6.07) is 3.39. The number of hydrogen-bond donors (Lipinski definition) is 1. The molecule has 0 atom stereocenters. The van der Waals surface area contributed by atoms with E-state index in [2.05, 4.69) is 55.9 Å². The number of aryl methyl sites for hydroxylation is 1. The largest absolute Gasteiger partial charge is 0.311 e. The molecule has 102 valence electrons. The van der Waals surface area contributed by atoms with Gasteiger partial charge in [-0.1, -0.05) is 6.07 Å². The Morgan fingerprint density at radius 3 is 2.39 bits per heavy atom. The minimum Gasteiger partial charge on any atom is -0.311 e. The van der Waals surface area contributed by atoms with E-state index in [9.17, 15) is 0 Å². The fraction of sp³-hybridized carbons (Fsp3) is 0.667. The predicted octanol–water partition coefficient (Wildman–Crippen LogP) is 2.60. The van der Waals surface area contributed by atoms with Crippen molar-refractivity contribution in [2.45, 2.75) is 53.2 Å². The standard InChI is InChI=1S/C15H27N3/c1-12(2)18(13(3)4)7-6-16-10-15-8-14(5)9-17-11-15/h8-9,11-13,16H,6-7,10H2,1-5H3. The molecule has 0 saturated carbocycles. The van der Waals surface area contributed by atoms with Gasteiger partial charge in [0.15, 0.2) is 0 Å². The van der Waals surface area contributed by atoms with Crippen LogP contribution in [0.25, 0.3) is 0 Å². The molecule has 3 nitrogen and oxygen atoms in total. The van der Waals surface area contributed by atoms with E-state index in [1.807, 2.05) is 12.4 Å². The predicted molar refractivity (Wildman–Crippen MR) is 77.7 cm³/mol. The molecule has 0 radical (unpaired) electrons. The number of rotatable bonds is 7. The lowest BCUT2D eigenvalue weighted by atomic mass is 10.2. The van der Waals surface area contributed by atoms with Crippen molar-refractivity contribution < 1.29 is 0 Å². The molecular formula is C15H27N3. The summed E-state index contributed by atoms with van der Waals surface area (Å²) in [5.41, 5.74) is 2.48. The fourth-order valence-electron chi connectivity index (χ4n) is 2.27. The molecule has 1 rings (SSSR count). The Bertz CT molecular complexity index is 339. The van der Waals surface area contributed by atoms with Crippen molar-refractivity contribution >= 4 is 0 Å². The summed E-state index contributed by atoms with van der Waals surface area (Å²) in [4.78, 5) is 6.71. The number of nitrogens with zero attached hydrogens (tertiary/aromatic N) is 2. The van der Waals surface area contributed by atoms with E-state index < -0.39 is 0 Å². The van der Waals surface area contributed by atoms with Crippen molar-refractivity contribution in [3.63, 3.8) is 0 Å². The number of hydrogen-bond acceptors (Lipinski definition) is 3. The third-order valence-corrected chi connectivity index (χ3v) is 3.13. The molecule has 0 amide bonds. The summed E-state index contributed by atoms with van der Waals surface area (Å²) in [7, 11) is 0. The SMILES string of the molecule is Cc1cncc(CNCCN(C(C)C)C(C)C)c1. The number of aromatic nitrogens is 1. The summed E-state index contributed by atoms with van der Waals surface area (Å²) in [5.74, 6) is 0. The Kier molecular flexibility index (Phi) is 6.30. The second kappa shape index (κ2) is 7.49. The maximum Gasteiger partial charge on any atom is 0.0313 e. The van der Waals surface area contributed by atoms with Gasteiger partial charge in [0.05, 0.1) is 0 Å². The second-order valence-corrected chi connectivity index (χ2v) is 5.47. The molecule has 0 aliphatic heterocycles. The molecule has 1 N–H and O–H groups in total. The average molecular weight is 249 g/mol. The Labute approximate surface area is 112 Å². The Morgan fingerprint density at radius 1 is 1.17 bits per heavy atom. The van der Waals surface area contributed by atoms with Crippen molar-refractivity contribution in [2.24, 2.45) is 0 Å². The van der Waals surface area contributed by atoms with Gasteiger partial charge < -0.3 is 5.32 Å². The van der Waals surface area contributed by atoms with Gasteiger partial charge in [-0.2, -0.15) is 0 Å². The van der Waals surface area contributed by atoms with Gasteiger partial charge in [0.2, 0.25) is 0 Å². The highest BCUT2D eigenvalue weighted by atomic mass is 15.2. The normalized spacial score (nSPS) is 11.8. The number of pyridine rings is 1. The van der Waals surface area contributed by atoms with Crippen LogP contribution in [-0.4, -0.2) is 35.1 Å². The summed E-state index contributed by atoms with van der Waals surface area (Å²) < 4.78 is 0. The van der Waals surface area contributed by atoms with Crippen LogP contribution >= 0.6 is 0 Å². The fourth-order valence-corrected chi connectivity index (χ4v) is 2.27. The maximum absolute atomic E-state index is 4.20. The van der Waals surface area contributed by atoms with E-state index in [-0.39, 0.29) is 0 Å². The first kappa shape index (κ1) is 15.1. The molecule has 0 aromatic carbocycles. The Hall–Kier alpha value is -0.930. The third-order valence-electron chi connectivity index (χ3n) is 3.13. The van der Waals surface area contributed by atoms with Gasteiger partial charge in [0, 0.05) is 44.1 Å². The molecule has 0 spiro atoms. The van der Waals surface area contributed by atoms with E-state index in [0.717, 1.165) is 19.6 Å². The molecule has 0 bridgehead atoms. The van der Waals surface area contributed by atoms with Gasteiger partial charge in [0.1, 0.15) is 0 Å². The van der Waals surface area contributed by atoms with Crippen LogP contribution in [0, 0.1) is 6.92 Å². The van der Waals surface area contributed by atoms with E-state index in [1.165, 1.54) is 11.1 Å². The maximum atomic E-state index is 4.20. The first-order valence-electron chi connectivity index (χ1n) is 6.87. The minimum atomic E-state index is 0.604. The lowest BCUT2D eigenvalue weighted by molar-refractivity contribution is 0.176. The first-order valence-corrected chi connectivity index (χ1v) is 6.87. The average Bonchev–Trinajstić information content (AvgIpc) is 2.27. The van der Waals surface area contributed by atoms with Crippen LogP contribution in [0.15, 0.2) is 18.5 Å². The summed E-state index contributed by atoms with van der Waals surface area (Å²) in [6.07, 6.45) is 3.82. The minimum absolute atomic E-state index is 0.604. The molecule has 1 aromatic heterocycles. The lowest BCUT2D eigenvalue weighted by Gasteiger charge is -2.30. The van der Waals surface area contributed by atoms with Gasteiger partial charge in [-0.15, -0.1) is 0 Å². The van der Waals surface area contributed by atoms with Gasteiger partial charge in [-0.05, 0) is 45.7 Å². The summed E-state index contributed by atoms with van der Waals surface area (Å²) in [6.45, 7) is 14.1. The Morgan fingerprint density at radius 2 is 1.83 bits per heavy atom. The Balaban J connectivity index is 2.30. The lowest BCUT2D eigenvalue weighted by Crippen LogP contribution is -2.41. The molecule has 0 aliphatic rings. The molecular weight excluding hydrogens is 222 g/mol. The molecule has 18 heavy (non-hydrogen) atoms. The quantitative estimate of drug-likeness (QED) is 0.753. The molecule has 1 aromatic rings. The molecule has 0 fully saturated rings. The van der Waals surface area contributed by atoms with Crippen LogP contribution in [-0.2, 0) is 6.54 Å². The summed E-state index contributed by atoms with van der Waals surface area (Å²) >= 11 is 0. The van der Waals surface area contributed by atoms with Crippen LogP contribution in [0.3, 0.4) is 0 Å². The molecule has 1 heterocycles. The van der Waals surface area contributed by atoms with Crippen molar-refractivity contribution in [1.82, 2.24) is 15.2 Å². The van der Waals surface area contributed by atoms with Crippen LogP contribution in [0.2, 0.25) is 0 Å². The van der Waals surface area contributed by atoms with E-state index in [1.54, 1.807) is 0 Å². The summed E-state index contributed by atoms with van der Waals surface area (Å²) in [5, 5.41) is 3.49. The molecule has 0 unspecified atom stereocenters. The topological polar surface area (TPSA) is 28.2 Å². The van der Waals surface area contributed by atoms with Crippen LogP contribution in [0.1, 0.15) is 38.8 Å². The van der Waals surface area contributed by atoms with E-state index in [4.69, 9.17) is 0 Å². The van der Waals surface area contributed by atoms with Gasteiger partial charge >= 0.3 is 0 Å². The van der Waals surface area contributed by atoms with Crippen LogP contribution in [0.5, 0.6) is 0 Å². The molecule has 0 aliphatic carbocycles. The number of nitrogens with one attached hydrogen (secondary N) is 1. The highest BCUT2D eigenvalue weighted by Crippen LogP contribution is 2.04. The molecule has 0 saturated heterocycles. The smallest absolute Gasteiger partial charge is 0.0313 e. The highest BCUT2D eigenvalue weighted by Gasteiger charge is 2.11. The highest BCUT2D eigenvalue weighted by molar-refractivity contribution is 5.16. The zero-order chi connectivity index (χ0) is 13.5. The van der Waals surface area contributed by atoms with Crippen LogP contribution in [0.4, 0.5) is 0 Å².